The van der Waals surface area contributed by atoms with Gasteiger partial charge in [-0.2, -0.15) is 0 Å². The van der Waals surface area contributed by atoms with Crippen molar-refractivity contribution in [1.82, 2.24) is 10.3 Å². The lowest BCUT2D eigenvalue weighted by Crippen LogP contribution is -2.27. The van der Waals surface area contributed by atoms with E-state index in [1.54, 1.807) is 23.5 Å². The highest BCUT2D eigenvalue weighted by atomic mass is 35.5. The Morgan fingerprint density at radius 2 is 2.21 bits per heavy atom. The molecule has 0 radical (unpaired) electrons. The molecule has 1 aromatic carbocycles. The Balaban J connectivity index is 1.77. The number of aromatic nitrogens is 1. The van der Waals surface area contributed by atoms with Crippen LogP contribution >= 0.6 is 22.9 Å². The van der Waals surface area contributed by atoms with Gasteiger partial charge in [0.2, 0.25) is 5.91 Å². The number of aryl methyl sites for hydroxylation is 1. The van der Waals surface area contributed by atoms with E-state index in [-0.39, 0.29) is 12.5 Å². The molecule has 0 aliphatic rings. The molecule has 19 heavy (non-hydrogen) atoms. The van der Waals surface area contributed by atoms with E-state index in [0.29, 0.717) is 17.3 Å². The van der Waals surface area contributed by atoms with Crippen molar-refractivity contribution in [3.63, 3.8) is 0 Å². The molecule has 100 valence electrons. The van der Waals surface area contributed by atoms with Crippen molar-refractivity contribution in [2.75, 3.05) is 11.9 Å². The van der Waals surface area contributed by atoms with Gasteiger partial charge in [-0.3, -0.25) is 4.79 Å². The summed E-state index contributed by atoms with van der Waals surface area (Å²) in [6.45, 7) is 2.77. The SMILES string of the molecule is Cc1csc(CNCC(=O)Nc2ccccc2Cl)n1. The zero-order chi connectivity index (χ0) is 13.7. The van der Waals surface area contributed by atoms with E-state index >= 15 is 0 Å². The maximum Gasteiger partial charge on any atom is 0.238 e. The molecule has 1 heterocycles. The molecule has 1 aromatic heterocycles. The Kier molecular flexibility index (Phi) is 4.90. The van der Waals surface area contributed by atoms with Gasteiger partial charge in [0.05, 0.1) is 17.3 Å². The minimum Gasteiger partial charge on any atom is -0.324 e. The van der Waals surface area contributed by atoms with E-state index in [1.807, 2.05) is 24.4 Å². The number of hydrogen-bond donors (Lipinski definition) is 2. The van der Waals surface area contributed by atoms with E-state index in [0.717, 1.165) is 10.7 Å². The van der Waals surface area contributed by atoms with Crippen molar-refractivity contribution >= 4 is 34.5 Å². The maximum atomic E-state index is 11.7. The molecule has 1 amide bonds. The molecule has 0 aliphatic heterocycles. The fourth-order valence-corrected chi connectivity index (χ4v) is 2.45. The van der Waals surface area contributed by atoms with Crippen LogP contribution in [0.1, 0.15) is 10.7 Å². The summed E-state index contributed by atoms with van der Waals surface area (Å²) < 4.78 is 0. The first-order chi connectivity index (χ1) is 9.15. The monoisotopic (exact) mass is 295 g/mol. The lowest BCUT2D eigenvalue weighted by molar-refractivity contribution is -0.115. The van der Waals surface area contributed by atoms with Crippen LogP contribution in [0.2, 0.25) is 5.02 Å². The van der Waals surface area contributed by atoms with E-state index < -0.39 is 0 Å². The Morgan fingerprint density at radius 3 is 2.89 bits per heavy atom. The highest BCUT2D eigenvalue weighted by Crippen LogP contribution is 2.19. The van der Waals surface area contributed by atoms with Crippen molar-refractivity contribution in [2.24, 2.45) is 0 Å². The zero-order valence-electron chi connectivity index (χ0n) is 10.4. The number of nitrogens with one attached hydrogen (secondary N) is 2. The third kappa shape index (κ3) is 4.31. The molecule has 4 nitrogen and oxygen atoms in total. The fourth-order valence-electron chi connectivity index (χ4n) is 1.52. The second kappa shape index (κ2) is 6.65. The largest absolute Gasteiger partial charge is 0.324 e. The molecule has 0 saturated carbocycles. The van der Waals surface area contributed by atoms with Gasteiger partial charge in [-0.05, 0) is 19.1 Å². The molecule has 0 fully saturated rings. The number of carbonyl (C=O) groups is 1. The molecule has 2 rings (SSSR count). The molecule has 0 unspecified atom stereocenters. The summed E-state index contributed by atoms with van der Waals surface area (Å²) in [5.41, 5.74) is 1.63. The van der Waals surface area contributed by atoms with E-state index in [9.17, 15) is 4.79 Å². The van der Waals surface area contributed by atoms with Gasteiger partial charge in [0.15, 0.2) is 0 Å². The molecular formula is C13H14ClN3OS. The average molecular weight is 296 g/mol. The molecule has 0 saturated heterocycles. The number of anilines is 1. The van der Waals surface area contributed by atoms with Crippen LogP contribution in [-0.4, -0.2) is 17.4 Å². The Bertz CT molecular complexity index is 571. The number of halogens is 1. The molecule has 2 N–H and O–H groups in total. The van der Waals surface area contributed by atoms with Gasteiger partial charge in [-0.15, -0.1) is 11.3 Å². The van der Waals surface area contributed by atoms with Gasteiger partial charge < -0.3 is 10.6 Å². The van der Waals surface area contributed by atoms with Crippen LogP contribution in [0, 0.1) is 6.92 Å². The maximum absolute atomic E-state index is 11.7. The van der Waals surface area contributed by atoms with Gasteiger partial charge >= 0.3 is 0 Å². The first-order valence-corrected chi connectivity index (χ1v) is 7.07. The fraction of sp³-hybridized carbons (Fsp3) is 0.231. The standard InChI is InChI=1S/C13H14ClN3OS/c1-9-8-19-13(16-9)7-15-6-12(18)17-11-5-3-2-4-10(11)14/h2-5,8,15H,6-7H2,1H3,(H,17,18). The van der Waals surface area contributed by atoms with Crippen molar-refractivity contribution in [3.05, 3.63) is 45.4 Å². The summed E-state index contributed by atoms with van der Waals surface area (Å²) >= 11 is 7.54. The van der Waals surface area contributed by atoms with E-state index in [2.05, 4.69) is 15.6 Å². The lowest BCUT2D eigenvalue weighted by Gasteiger charge is -2.07. The molecule has 0 atom stereocenters. The number of rotatable bonds is 5. The first-order valence-electron chi connectivity index (χ1n) is 5.81. The number of hydrogen-bond acceptors (Lipinski definition) is 4. The Labute approximate surface area is 120 Å². The predicted molar refractivity (Wildman–Crippen MR) is 78.6 cm³/mol. The third-order valence-corrected chi connectivity index (χ3v) is 3.67. The van der Waals surface area contributed by atoms with Gasteiger partial charge in [-0.25, -0.2) is 4.98 Å². The molecule has 0 aliphatic carbocycles. The zero-order valence-corrected chi connectivity index (χ0v) is 12.0. The minimum absolute atomic E-state index is 0.124. The quantitative estimate of drug-likeness (QED) is 0.892. The van der Waals surface area contributed by atoms with E-state index in [1.165, 1.54) is 0 Å². The Morgan fingerprint density at radius 1 is 1.42 bits per heavy atom. The third-order valence-electron chi connectivity index (χ3n) is 2.38. The second-order valence-corrected chi connectivity index (χ2v) is 5.36. The van der Waals surface area contributed by atoms with Crippen LogP contribution in [-0.2, 0) is 11.3 Å². The summed E-state index contributed by atoms with van der Waals surface area (Å²) in [5, 5.41) is 9.29. The van der Waals surface area contributed by atoms with Gasteiger partial charge in [0, 0.05) is 17.6 Å². The van der Waals surface area contributed by atoms with Crippen molar-refractivity contribution in [2.45, 2.75) is 13.5 Å². The molecule has 2 aromatic rings. The predicted octanol–water partition coefficient (Wildman–Crippen LogP) is 2.83. The lowest BCUT2D eigenvalue weighted by atomic mass is 10.3. The van der Waals surface area contributed by atoms with Gasteiger partial charge in [-0.1, -0.05) is 23.7 Å². The van der Waals surface area contributed by atoms with Gasteiger partial charge in [0.25, 0.3) is 0 Å². The van der Waals surface area contributed by atoms with Crippen LogP contribution in [0.3, 0.4) is 0 Å². The smallest absolute Gasteiger partial charge is 0.238 e. The highest BCUT2D eigenvalue weighted by Gasteiger charge is 2.05. The van der Waals surface area contributed by atoms with Crippen molar-refractivity contribution in [3.8, 4) is 0 Å². The minimum atomic E-state index is -0.124. The van der Waals surface area contributed by atoms with Crippen molar-refractivity contribution < 1.29 is 4.79 Å². The summed E-state index contributed by atoms with van der Waals surface area (Å²) in [5.74, 6) is -0.124. The van der Waals surface area contributed by atoms with Gasteiger partial charge in [0.1, 0.15) is 5.01 Å². The topological polar surface area (TPSA) is 54.0 Å². The number of nitrogens with zero attached hydrogens (tertiary/aromatic N) is 1. The molecule has 6 heteroatoms. The molecule has 0 bridgehead atoms. The summed E-state index contributed by atoms with van der Waals surface area (Å²) in [4.78, 5) is 16.0. The first kappa shape index (κ1) is 14.0. The van der Waals surface area contributed by atoms with Crippen LogP contribution in [0.25, 0.3) is 0 Å². The summed E-state index contributed by atoms with van der Waals surface area (Å²) in [7, 11) is 0. The number of thiazole rings is 1. The number of carbonyl (C=O) groups excluding carboxylic acids is 1. The van der Waals surface area contributed by atoms with Crippen LogP contribution < -0.4 is 10.6 Å². The average Bonchev–Trinajstić information content (AvgIpc) is 2.78. The van der Waals surface area contributed by atoms with Crippen LogP contribution in [0.5, 0.6) is 0 Å². The van der Waals surface area contributed by atoms with E-state index in [4.69, 9.17) is 11.6 Å². The molecule has 0 spiro atoms. The number of benzene rings is 1. The summed E-state index contributed by atoms with van der Waals surface area (Å²) in [6.07, 6.45) is 0. The number of amides is 1. The van der Waals surface area contributed by atoms with Crippen LogP contribution in [0.15, 0.2) is 29.6 Å². The normalized spacial score (nSPS) is 10.4. The van der Waals surface area contributed by atoms with Crippen molar-refractivity contribution in [1.29, 1.82) is 0 Å². The van der Waals surface area contributed by atoms with Crippen LogP contribution in [0.4, 0.5) is 5.69 Å². The highest BCUT2D eigenvalue weighted by molar-refractivity contribution is 7.09. The summed E-state index contributed by atoms with van der Waals surface area (Å²) in [6, 6.07) is 7.15. The molecular weight excluding hydrogens is 282 g/mol. The Hall–Kier alpha value is -1.43. The second-order valence-electron chi connectivity index (χ2n) is 4.01. The number of para-hydroxylation sites is 1.